The van der Waals surface area contributed by atoms with Crippen molar-refractivity contribution in [2.45, 2.75) is 350 Å². The molecule has 6 heteroatoms. The Morgan fingerprint density at radius 1 is 0.224 bits per heavy atom. The van der Waals surface area contributed by atoms with Gasteiger partial charge in [0.2, 0.25) is 0 Å². The quantitative estimate of drug-likeness (QED) is 0.287. The lowest BCUT2D eigenvalue weighted by atomic mass is 9.90. The van der Waals surface area contributed by atoms with Crippen LogP contribution in [0.3, 0.4) is 0 Å². The molecule has 0 spiro atoms. The molecule has 0 saturated carbocycles. The van der Waals surface area contributed by atoms with Crippen molar-refractivity contribution in [1.29, 1.82) is 0 Å². The fraction of sp³-hybridized carbons (Fsp3) is 1.00. The lowest BCUT2D eigenvalue weighted by Gasteiger charge is -2.17. The molecule has 0 amide bonds. The van der Waals surface area contributed by atoms with Crippen molar-refractivity contribution in [3.8, 4) is 0 Å². The smallest absolute Gasteiger partial charge is 0.104 e. The lowest BCUT2D eigenvalue weighted by molar-refractivity contribution is -0.0439. The highest BCUT2D eigenvalue weighted by Gasteiger charge is 2.13. The van der Waals surface area contributed by atoms with Gasteiger partial charge in [-0.15, -0.1) is 0 Å². The highest BCUT2D eigenvalue weighted by Crippen LogP contribution is 2.26. The molecule has 0 radical (unpaired) electrons. The van der Waals surface area contributed by atoms with Crippen molar-refractivity contribution >= 4 is 0 Å². The van der Waals surface area contributed by atoms with E-state index in [1.165, 1.54) is 257 Å². The summed E-state index contributed by atoms with van der Waals surface area (Å²) in [5.41, 5.74) is 0. The van der Waals surface area contributed by atoms with Crippen molar-refractivity contribution in [2.24, 2.45) is 47.3 Å². The van der Waals surface area contributed by atoms with E-state index < -0.39 is 0 Å². The van der Waals surface area contributed by atoms with Crippen LogP contribution in [0.1, 0.15) is 338 Å². The number of aliphatic hydroxyl groups is 2. The van der Waals surface area contributed by atoms with Gasteiger partial charge in [0.25, 0.3) is 0 Å². The summed E-state index contributed by atoms with van der Waals surface area (Å²) in [6.07, 6.45) is 59.0. The molecule has 76 heavy (non-hydrogen) atoms. The molecule has 10 atom stereocenters. The summed E-state index contributed by atoms with van der Waals surface area (Å²) in [6, 6.07) is 0. The molecule has 1 aliphatic rings. The summed E-state index contributed by atoms with van der Waals surface area (Å²) in [5.74, 6) is 6.74. The molecule has 0 aliphatic carbocycles. The maximum atomic E-state index is 9.86. The molecule has 1 heterocycles. The van der Waals surface area contributed by atoms with E-state index >= 15 is 0 Å². The third-order valence-corrected chi connectivity index (χ3v) is 18.3. The van der Waals surface area contributed by atoms with E-state index in [9.17, 15) is 10.2 Å². The van der Waals surface area contributed by atoms with Crippen LogP contribution in [0.15, 0.2) is 0 Å². The second-order valence-electron chi connectivity index (χ2n) is 26.9. The first-order chi connectivity index (χ1) is 37.0. The maximum Gasteiger partial charge on any atom is 0.104 e. The standard InChI is InChI=1S/C70H140O6/c1-61-37-21-13-9-17-25-41-65(5)49-51-67(7)43-27-19-11-15-24-40-64(4)48-32-36-56-76-70(58-72)60-74-54-34-30-46-62(2)38-22-14-10-18-26-42-66(6)50-52-68(8)44-28-20-12-16-23-39-63(3)47-31-35-55-75-69(57-71)59-73-53-33-29-45-61/h61-72H,9-60H2,1-8H3. The van der Waals surface area contributed by atoms with Crippen molar-refractivity contribution in [1.82, 2.24) is 0 Å². The summed E-state index contributed by atoms with van der Waals surface area (Å²) in [6.45, 7) is 23.9. The lowest BCUT2D eigenvalue weighted by Crippen LogP contribution is -2.24. The molecule has 1 aliphatic heterocycles. The summed E-state index contributed by atoms with van der Waals surface area (Å²) in [7, 11) is 0. The van der Waals surface area contributed by atoms with Crippen LogP contribution in [0.5, 0.6) is 0 Å². The average Bonchev–Trinajstić information content (AvgIpc) is 3.40. The third kappa shape index (κ3) is 50.7. The fourth-order valence-electron chi connectivity index (χ4n) is 12.2. The van der Waals surface area contributed by atoms with E-state index in [0.717, 1.165) is 99.5 Å². The summed E-state index contributed by atoms with van der Waals surface area (Å²) in [5, 5.41) is 19.7. The molecule has 6 nitrogen and oxygen atoms in total. The Morgan fingerprint density at radius 3 is 0.605 bits per heavy atom. The molecule has 0 aromatic heterocycles. The van der Waals surface area contributed by atoms with Gasteiger partial charge in [0.05, 0.1) is 26.4 Å². The van der Waals surface area contributed by atoms with Crippen LogP contribution in [0, 0.1) is 47.3 Å². The number of ether oxygens (including phenoxy) is 4. The predicted octanol–water partition coefficient (Wildman–Crippen LogP) is 21.0. The zero-order valence-electron chi connectivity index (χ0n) is 53.1. The highest BCUT2D eigenvalue weighted by atomic mass is 16.5. The largest absolute Gasteiger partial charge is 0.394 e. The van der Waals surface area contributed by atoms with Crippen LogP contribution in [0.4, 0.5) is 0 Å². The number of aliphatic hydroxyl groups excluding tert-OH is 2. The Morgan fingerprint density at radius 2 is 0.395 bits per heavy atom. The first kappa shape index (κ1) is 73.8. The van der Waals surface area contributed by atoms with Crippen LogP contribution in [-0.4, -0.2) is 75.3 Å². The molecule has 0 aromatic rings. The summed E-state index contributed by atoms with van der Waals surface area (Å²) >= 11 is 0. The Bertz CT molecular complexity index is 1050. The fourth-order valence-corrected chi connectivity index (χ4v) is 12.2. The average molecular weight is 1080 g/mol. The van der Waals surface area contributed by atoms with Gasteiger partial charge in [-0.05, 0) is 73.0 Å². The van der Waals surface area contributed by atoms with E-state index in [1.54, 1.807) is 0 Å². The van der Waals surface area contributed by atoms with Crippen LogP contribution in [0.25, 0.3) is 0 Å². The molecule has 1 saturated heterocycles. The monoisotopic (exact) mass is 1080 g/mol. The Labute approximate surface area is 477 Å². The van der Waals surface area contributed by atoms with Crippen LogP contribution >= 0.6 is 0 Å². The number of hydrogen-bond acceptors (Lipinski definition) is 6. The van der Waals surface area contributed by atoms with Crippen LogP contribution in [-0.2, 0) is 18.9 Å². The Hall–Kier alpha value is -0.240. The van der Waals surface area contributed by atoms with Gasteiger partial charge in [-0.1, -0.05) is 312 Å². The second-order valence-corrected chi connectivity index (χ2v) is 26.9. The van der Waals surface area contributed by atoms with E-state index in [-0.39, 0.29) is 25.4 Å². The zero-order chi connectivity index (χ0) is 55.4. The minimum Gasteiger partial charge on any atom is -0.394 e. The Kier molecular flexibility index (Phi) is 53.7. The molecular formula is C70H140O6. The molecule has 10 unspecified atom stereocenters. The molecule has 2 N–H and O–H groups in total. The maximum absolute atomic E-state index is 9.86. The minimum atomic E-state index is -0.182. The molecule has 1 fully saturated rings. The molecular weight excluding hydrogens is 937 g/mol. The van der Waals surface area contributed by atoms with Crippen molar-refractivity contribution in [2.75, 3.05) is 52.9 Å². The molecule has 1 rings (SSSR count). The third-order valence-electron chi connectivity index (χ3n) is 18.3. The first-order valence-corrected chi connectivity index (χ1v) is 34.6. The summed E-state index contributed by atoms with van der Waals surface area (Å²) < 4.78 is 23.9. The first-order valence-electron chi connectivity index (χ1n) is 34.6. The van der Waals surface area contributed by atoms with Gasteiger partial charge in [-0.3, -0.25) is 0 Å². The van der Waals surface area contributed by atoms with Gasteiger partial charge >= 0.3 is 0 Å². The summed E-state index contributed by atoms with van der Waals surface area (Å²) in [4.78, 5) is 0. The normalized spacial score (nSPS) is 32.0. The Balaban J connectivity index is 2.33. The van der Waals surface area contributed by atoms with Crippen LogP contribution in [0.2, 0.25) is 0 Å². The van der Waals surface area contributed by atoms with E-state index in [4.69, 9.17) is 18.9 Å². The van der Waals surface area contributed by atoms with Gasteiger partial charge in [-0.25, -0.2) is 0 Å². The van der Waals surface area contributed by atoms with Crippen molar-refractivity contribution in [3.63, 3.8) is 0 Å². The zero-order valence-corrected chi connectivity index (χ0v) is 53.1. The number of rotatable bonds is 2. The van der Waals surface area contributed by atoms with Gasteiger partial charge in [-0.2, -0.15) is 0 Å². The number of hydrogen-bond donors (Lipinski definition) is 2. The molecule has 0 bridgehead atoms. The second kappa shape index (κ2) is 55.3. The molecule has 0 aromatic carbocycles. The van der Waals surface area contributed by atoms with Gasteiger partial charge < -0.3 is 29.2 Å². The van der Waals surface area contributed by atoms with Gasteiger partial charge in [0, 0.05) is 26.4 Å². The van der Waals surface area contributed by atoms with Crippen LogP contribution < -0.4 is 0 Å². The highest BCUT2D eigenvalue weighted by molar-refractivity contribution is 4.65. The predicted molar refractivity (Wildman–Crippen MR) is 332 cm³/mol. The van der Waals surface area contributed by atoms with Crippen molar-refractivity contribution in [3.05, 3.63) is 0 Å². The van der Waals surface area contributed by atoms with E-state index in [0.29, 0.717) is 13.2 Å². The van der Waals surface area contributed by atoms with E-state index in [2.05, 4.69) is 55.4 Å². The minimum absolute atomic E-state index is 0.0515. The SMILES string of the molecule is CC1CCCCCCCC(C)CCC(C)CCCCCCCC(C)CCCCOC(CO)COCCCCC(C)CCCCCCCC(C)CCC(C)CCCCCCCC(C)CCCCOC(CO)COCCCC1. The van der Waals surface area contributed by atoms with Crippen molar-refractivity contribution < 1.29 is 29.2 Å². The van der Waals surface area contributed by atoms with Gasteiger partial charge in [0.1, 0.15) is 12.2 Å². The molecule has 456 valence electrons. The van der Waals surface area contributed by atoms with Gasteiger partial charge in [0.15, 0.2) is 0 Å². The topological polar surface area (TPSA) is 77.4 Å². The van der Waals surface area contributed by atoms with E-state index in [1.807, 2.05) is 0 Å².